The molecule has 1 aromatic carbocycles. The van der Waals surface area contributed by atoms with Crippen molar-refractivity contribution < 1.29 is 4.79 Å². The van der Waals surface area contributed by atoms with Gasteiger partial charge in [-0.15, -0.1) is 0 Å². The van der Waals surface area contributed by atoms with Crippen molar-refractivity contribution in [3.8, 4) is 11.3 Å². The molecule has 0 unspecified atom stereocenters. The number of aromatic nitrogens is 3. The molecular formula is C14H11N3O. The number of fused-ring (bicyclic) bond motifs is 1. The molecule has 3 aromatic rings. The summed E-state index contributed by atoms with van der Waals surface area (Å²) in [5.41, 5.74) is 4.21. The predicted molar refractivity (Wildman–Crippen MR) is 69.4 cm³/mol. The Labute approximate surface area is 104 Å². The molecular weight excluding hydrogens is 226 g/mol. The molecule has 0 bridgehead atoms. The molecule has 0 atom stereocenters. The summed E-state index contributed by atoms with van der Waals surface area (Å²) in [6.45, 7) is 2.02. The monoisotopic (exact) mass is 237 g/mol. The van der Waals surface area contributed by atoms with Gasteiger partial charge in [-0.2, -0.15) is 0 Å². The van der Waals surface area contributed by atoms with E-state index in [9.17, 15) is 4.79 Å². The first kappa shape index (κ1) is 10.7. The molecule has 0 aliphatic rings. The highest BCUT2D eigenvalue weighted by atomic mass is 16.1. The summed E-state index contributed by atoms with van der Waals surface area (Å²) in [4.78, 5) is 22.5. The predicted octanol–water partition coefficient (Wildman–Crippen LogP) is 2.75. The number of hydrogen-bond donors (Lipinski definition) is 1. The summed E-state index contributed by atoms with van der Waals surface area (Å²) in [5.74, 6) is 0. The number of carbonyl (C=O) groups excluding carboxylic acids is 1. The van der Waals surface area contributed by atoms with E-state index in [1.54, 1.807) is 6.20 Å². The second kappa shape index (κ2) is 4.07. The van der Waals surface area contributed by atoms with E-state index in [2.05, 4.69) is 15.0 Å². The number of aromatic amines is 1. The Kier molecular flexibility index (Phi) is 2.41. The number of H-pyrrole nitrogens is 1. The summed E-state index contributed by atoms with van der Waals surface area (Å²) in [7, 11) is 0. The molecule has 0 amide bonds. The number of nitrogens with zero attached hydrogens (tertiary/aromatic N) is 2. The van der Waals surface area contributed by atoms with Crippen molar-refractivity contribution in [2.75, 3.05) is 0 Å². The summed E-state index contributed by atoms with van der Waals surface area (Å²) in [6.07, 6.45) is 3.99. The van der Waals surface area contributed by atoms with Crippen molar-refractivity contribution in [1.82, 2.24) is 15.0 Å². The quantitative estimate of drug-likeness (QED) is 0.697. The fraction of sp³-hybridized carbons (Fsp3) is 0.0714. The van der Waals surface area contributed by atoms with Crippen molar-refractivity contribution in [3.05, 3.63) is 47.9 Å². The van der Waals surface area contributed by atoms with Gasteiger partial charge in [0.15, 0.2) is 6.29 Å². The third kappa shape index (κ3) is 1.50. The lowest BCUT2D eigenvalue weighted by Gasteiger charge is -2.06. The molecule has 88 valence electrons. The molecule has 2 aromatic heterocycles. The zero-order valence-electron chi connectivity index (χ0n) is 9.84. The van der Waals surface area contributed by atoms with E-state index in [0.717, 1.165) is 28.5 Å². The summed E-state index contributed by atoms with van der Waals surface area (Å²) >= 11 is 0. The van der Waals surface area contributed by atoms with E-state index in [1.165, 1.54) is 6.33 Å². The number of benzene rings is 1. The number of hydrogen-bond acceptors (Lipinski definition) is 3. The van der Waals surface area contributed by atoms with Gasteiger partial charge in [-0.1, -0.05) is 24.3 Å². The molecule has 4 heteroatoms. The van der Waals surface area contributed by atoms with Crippen molar-refractivity contribution in [1.29, 1.82) is 0 Å². The van der Waals surface area contributed by atoms with Crippen LogP contribution in [0.4, 0.5) is 0 Å². The number of carbonyl (C=O) groups is 1. The lowest BCUT2D eigenvalue weighted by atomic mass is 10.0. The van der Waals surface area contributed by atoms with Crippen molar-refractivity contribution in [2.24, 2.45) is 0 Å². The zero-order valence-corrected chi connectivity index (χ0v) is 9.84. The van der Waals surface area contributed by atoms with E-state index >= 15 is 0 Å². The molecule has 0 radical (unpaired) electrons. The van der Waals surface area contributed by atoms with Gasteiger partial charge in [0.25, 0.3) is 0 Å². The van der Waals surface area contributed by atoms with Crippen LogP contribution in [0, 0.1) is 6.92 Å². The van der Waals surface area contributed by atoms with Crippen LogP contribution in [0.5, 0.6) is 0 Å². The lowest BCUT2D eigenvalue weighted by molar-refractivity contribution is 0.112. The second-order valence-corrected chi connectivity index (χ2v) is 4.12. The molecule has 3 rings (SSSR count). The number of nitrogens with one attached hydrogen (secondary N) is 1. The van der Waals surface area contributed by atoms with Gasteiger partial charge in [0.05, 0.1) is 11.1 Å². The van der Waals surface area contributed by atoms with Crippen LogP contribution in [0.3, 0.4) is 0 Å². The molecule has 0 saturated heterocycles. The molecule has 0 saturated carbocycles. The normalized spacial score (nSPS) is 10.7. The minimum absolute atomic E-state index is 0.587. The van der Waals surface area contributed by atoms with Crippen molar-refractivity contribution in [3.63, 3.8) is 0 Å². The van der Waals surface area contributed by atoms with Crippen LogP contribution in [0.15, 0.2) is 36.8 Å². The summed E-state index contributed by atoms with van der Waals surface area (Å²) in [6, 6.07) is 7.97. The van der Waals surface area contributed by atoms with Crippen LogP contribution in [0.25, 0.3) is 22.3 Å². The first-order valence-electron chi connectivity index (χ1n) is 5.64. The number of rotatable bonds is 2. The first-order valence-corrected chi connectivity index (χ1v) is 5.64. The SMILES string of the molecule is Cc1ccccc1-c1ncnc2[nH]cc(C=O)c12. The highest BCUT2D eigenvalue weighted by Gasteiger charge is 2.13. The van der Waals surface area contributed by atoms with Gasteiger partial charge in [0.2, 0.25) is 0 Å². The smallest absolute Gasteiger partial charge is 0.152 e. The van der Waals surface area contributed by atoms with E-state index < -0.39 is 0 Å². The van der Waals surface area contributed by atoms with Gasteiger partial charge in [-0.25, -0.2) is 9.97 Å². The Hall–Kier alpha value is -2.49. The highest BCUT2D eigenvalue weighted by Crippen LogP contribution is 2.29. The van der Waals surface area contributed by atoms with Gasteiger partial charge in [-0.05, 0) is 12.5 Å². The maximum Gasteiger partial charge on any atom is 0.152 e. The Morgan fingerprint density at radius 2 is 2.06 bits per heavy atom. The average molecular weight is 237 g/mol. The van der Waals surface area contributed by atoms with Gasteiger partial charge in [0.1, 0.15) is 12.0 Å². The van der Waals surface area contributed by atoms with Gasteiger partial charge >= 0.3 is 0 Å². The number of aldehydes is 1. The van der Waals surface area contributed by atoms with E-state index in [-0.39, 0.29) is 0 Å². The lowest BCUT2D eigenvalue weighted by Crippen LogP contribution is -1.91. The van der Waals surface area contributed by atoms with Gasteiger partial charge in [0, 0.05) is 17.3 Å². The van der Waals surface area contributed by atoms with Crippen molar-refractivity contribution >= 4 is 17.3 Å². The molecule has 0 spiro atoms. The molecule has 4 nitrogen and oxygen atoms in total. The second-order valence-electron chi connectivity index (χ2n) is 4.12. The Morgan fingerprint density at radius 3 is 2.83 bits per heavy atom. The fourth-order valence-corrected chi connectivity index (χ4v) is 2.12. The topological polar surface area (TPSA) is 58.6 Å². The van der Waals surface area contributed by atoms with Crippen LogP contribution in [-0.2, 0) is 0 Å². The van der Waals surface area contributed by atoms with Crippen molar-refractivity contribution in [2.45, 2.75) is 6.92 Å². The Balaban J connectivity index is 2.39. The standard InChI is InChI=1S/C14H11N3O/c1-9-4-2-3-5-11(9)13-12-10(7-18)6-15-14(12)17-8-16-13/h2-8H,1H3,(H,15,16,17). The van der Waals surface area contributed by atoms with Crippen LogP contribution in [0.1, 0.15) is 15.9 Å². The average Bonchev–Trinajstić information content (AvgIpc) is 2.82. The minimum Gasteiger partial charge on any atom is -0.345 e. The third-order valence-electron chi connectivity index (χ3n) is 3.03. The van der Waals surface area contributed by atoms with Crippen LogP contribution in [-0.4, -0.2) is 21.2 Å². The van der Waals surface area contributed by atoms with E-state index in [0.29, 0.717) is 11.2 Å². The molecule has 0 aliphatic carbocycles. The molecule has 1 N–H and O–H groups in total. The molecule has 18 heavy (non-hydrogen) atoms. The first-order chi connectivity index (χ1) is 8.81. The van der Waals surface area contributed by atoms with Gasteiger partial charge in [-0.3, -0.25) is 4.79 Å². The Bertz CT molecular complexity index is 731. The molecule has 0 aliphatic heterocycles. The maximum absolute atomic E-state index is 11.1. The Morgan fingerprint density at radius 1 is 1.22 bits per heavy atom. The fourth-order valence-electron chi connectivity index (χ4n) is 2.12. The third-order valence-corrected chi connectivity index (χ3v) is 3.03. The minimum atomic E-state index is 0.587. The molecule has 2 heterocycles. The van der Waals surface area contributed by atoms with Gasteiger partial charge < -0.3 is 4.98 Å². The molecule has 0 fully saturated rings. The largest absolute Gasteiger partial charge is 0.345 e. The maximum atomic E-state index is 11.1. The highest BCUT2D eigenvalue weighted by molar-refractivity contribution is 6.03. The summed E-state index contributed by atoms with van der Waals surface area (Å²) in [5, 5.41) is 0.779. The van der Waals surface area contributed by atoms with Crippen LogP contribution >= 0.6 is 0 Å². The number of aryl methyl sites for hydroxylation is 1. The van der Waals surface area contributed by atoms with Crippen LogP contribution < -0.4 is 0 Å². The van der Waals surface area contributed by atoms with E-state index in [4.69, 9.17) is 0 Å². The summed E-state index contributed by atoms with van der Waals surface area (Å²) < 4.78 is 0. The van der Waals surface area contributed by atoms with Crippen LogP contribution in [0.2, 0.25) is 0 Å². The zero-order chi connectivity index (χ0) is 12.5. The van der Waals surface area contributed by atoms with E-state index in [1.807, 2.05) is 31.2 Å².